The van der Waals surface area contributed by atoms with E-state index >= 15 is 0 Å². The van der Waals surface area contributed by atoms with Crippen LogP contribution >= 0.6 is 0 Å². The summed E-state index contributed by atoms with van der Waals surface area (Å²) >= 11 is 0. The van der Waals surface area contributed by atoms with Gasteiger partial charge in [-0.15, -0.1) is 0 Å². The van der Waals surface area contributed by atoms with Crippen LogP contribution in [0.2, 0.25) is 0 Å². The van der Waals surface area contributed by atoms with E-state index in [0.717, 1.165) is 6.42 Å². The molecule has 0 aliphatic rings. The number of hydrogen-bond acceptors (Lipinski definition) is 2. The summed E-state index contributed by atoms with van der Waals surface area (Å²) in [6.45, 7) is 2.26. The van der Waals surface area contributed by atoms with Crippen molar-refractivity contribution in [3.05, 3.63) is 71.8 Å². The summed E-state index contributed by atoms with van der Waals surface area (Å²) in [6, 6.07) is 21.5. The van der Waals surface area contributed by atoms with Crippen LogP contribution in [0.15, 0.2) is 60.7 Å². The maximum absolute atomic E-state index is 6.00. The van der Waals surface area contributed by atoms with Crippen molar-refractivity contribution in [3.8, 4) is 0 Å². The molecular formula is C16H20O2. The Bertz CT molecular complexity index is 412. The van der Waals surface area contributed by atoms with Gasteiger partial charge in [0.25, 0.3) is 0 Å². The first kappa shape index (κ1) is 14.4. The molecule has 2 aromatic carbocycles. The van der Waals surface area contributed by atoms with Gasteiger partial charge >= 0.3 is 0 Å². The van der Waals surface area contributed by atoms with Gasteiger partial charge in [0, 0.05) is 0 Å². The van der Waals surface area contributed by atoms with Crippen LogP contribution in [0.5, 0.6) is 0 Å². The molecular weight excluding hydrogens is 224 g/mol. The van der Waals surface area contributed by atoms with Crippen molar-refractivity contribution in [2.75, 3.05) is 0 Å². The highest BCUT2D eigenvalue weighted by molar-refractivity contribution is 5.24. The molecule has 0 amide bonds. The molecule has 0 bridgehead atoms. The van der Waals surface area contributed by atoms with Gasteiger partial charge in [-0.3, -0.25) is 10.5 Å². The molecule has 96 valence electrons. The van der Waals surface area contributed by atoms with E-state index in [1.54, 1.807) is 0 Å². The normalized spacial score (nSPS) is 11.3. The van der Waals surface area contributed by atoms with E-state index in [0.29, 0.717) is 5.92 Å². The summed E-state index contributed by atoms with van der Waals surface area (Å²) in [7, 11) is 0. The molecule has 0 saturated heterocycles. The third kappa shape index (κ3) is 4.32. The van der Waals surface area contributed by atoms with Crippen molar-refractivity contribution in [2.24, 2.45) is 0 Å². The van der Waals surface area contributed by atoms with Gasteiger partial charge in [-0.05, 0) is 29.9 Å². The van der Waals surface area contributed by atoms with Crippen LogP contribution in [-0.4, -0.2) is 10.5 Å². The van der Waals surface area contributed by atoms with Crippen molar-refractivity contribution in [2.45, 2.75) is 25.7 Å². The monoisotopic (exact) mass is 244 g/mol. The Labute approximate surface area is 108 Å². The lowest BCUT2D eigenvalue weighted by molar-refractivity contribution is -0.176. The predicted molar refractivity (Wildman–Crippen MR) is 74.9 cm³/mol. The zero-order chi connectivity index (χ0) is 13.2. The molecule has 0 aliphatic carbocycles. The minimum Gasteiger partial charge on any atom is -0.255 e. The fourth-order valence-corrected chi connectivity index (χ4v) is 2.12. The van der Waals surface area contributed by atoms with Crippen LogP contribution in [0, 0.1) is 0 Å². The van der Waals surface area contributed by atoms with Crippen LogP contribution in [0.25, 0.3) is 0 Å². The van der Waals surface area contributed by atoms with Gasteiger partial charge in [0.1, 0.15) is 0 Å². The second-order valence-electron chi connectivity index (χ2n) is 4.21. The third-order valence-electron chi connectivity index (χ3n) is 3.09. The largest absolute Gasteiger partial charge is 0.255 e. The molecule has 0 spiro atoms. The Kier molecular flexibility index (Phi) is 6.77. The van der Waals surface area contributed by atoms with E-state index in [1.165, 1.54) is 17.5 Å². The fraction of sp³-hybridized carbons (Fsp3) is 0.250. The summed E-state index contributed by atoms with van der Waals surface area (Å²) in [5.74, 6) is 0.642. The van der Waals surface area contributed by atoms with Gasteiger partial charge in [0.05, 0.1) is 0 Å². The van der Waals surface area contributed by atoms with Crippen molar-refractivity contribution in [1.29, 1.82) is 0 Å². The van der Waals surface area contributed by atoms with E-state index in [4.69, 9.17) is 10.5 Å². The zero-order valence-electron chi connectivity index (χ0n) is 10.7. The van der Waals surface area contributed by atoms with E-state index in [1.807, 2.05) is 0 Å². The Hall–Kier alpha value is -1.64. The van der Waals surface area contributed by atoms with Gasteiger partial charge in [-0.1, -0.05) is 67.6 Å². The minimum absolute atomic E-state index is 0.642. The van der Waals surface area contributed by atoms with Crippen LogP contribution < -0.4 is 0 Å². The quantitative estimate of drug-likeness (QED) is 0.616. The molecule has 2 aromatic rings. The van der Waals surface area contributed by atoms with Crippen LogP contribution in [0.4, 0.5) is 0 Å². The smallest absolute Gasteiger partial charge is 0.0124 e. The first-order valence-electron chi connectivity index (χ1n) is 6.19. The first-order chi connectivity index (χ1) is 8.90. The molecule has 1 atom stereocenters. The van der Waals surface area contributed by atoms with Gasteiger partial charge < -0.3 is 0 Å². The van der Waals surface area contributed by atoms with Crippen LogP contribution in [0.1, 0.15) is 30.4 Å². The maximum atomic E-state index is 6.00. The lowest BCUT2D eigenvalue weighted by Crippen LogP contribution is -2.01. The minimum atomic E-state index is 0.642. The average Bonchev–Trinajstić information content (AvgIpc) is 2.49. The van der Waals surface area contributed by atoms with Gasteiger partial charge in [-0.2, -0.15) is 0 Å². The summed E-state index contributed by atoms with van der Waals surface area (Å²) in [6.07, 6.45) is 2.33. The standard InChI is InChI=1S/C16H18.H2O2/c1-2-15(16-11-7-4-8-12-16)13-14-9-5-3-6-10-14;1-2/h3-12,15H,2,13H2,1H3;1-2H. The van der Waals surface area contributed by atoms with Gasteiger partial charge in [0.2, 0.25) is 0 Å². The number of benzene rings is 2. The molecule has 0 heterocycles. The van der Waals surface area contributed by atoms with Crippen molar-refractivity contribution in [1.82, 2.24) is 0 Å². The number of hydrogen-bond donors (Lipinski definition) is 2. The average molecular weight is 244 g/mol. The molecule has 0 fully saturated rings. The lowest BCUT2D eigenvalue weighted by Gasteiger charge is -2.15. The molecule has 0 aromatic heterocycles. The van der Waals surface area contributed by atoms with Crippen molar-refractivity contribution < 1.29 is 10.5 Å². The molecule has 2 rings (SSSR count). The molecule has 0 saturated carbocycles. The van der Waals surface area contributed by atoms with Crippen LogP contribution in [0.3, 0.4) is 0 Å². The second-order valence-corrected chi connectivity index (χ2v) is 4.21. The summed E-state index contributed by atoms with van der Waals surface area (Å²) < 4.78 is 0. The van der Waals surface area contributed by atoms with E-state index in [9.17, 15) is 0 Å². The Balaban J connectivity index is 0.000000771. The molecule has 0 radical (unpaired) electrons. The Morgan fingerprint density at radius 3 is 1.83 bits per heavy atom. The van der Waals surface area contributed by atoms with Crippen molar-refractivity contribution in [3.63, 3.8) is 0 Å². The second kappa shape index (κ2) is 8.45. The molecule has 0 aliphatic heterocycles. The summed E-state index contributed by atoms with van der Waals surface area (Å²) in [5.41, 5.74) is 2.88. The fourth-order valence-electron chi connectivity index (χ4n) is 2.12. The van der Waals surface area contributed by atoms with E-state index in [2.05, 4.69) is 67.6 Å². The highest BCUT2D eigenvalue weighted by atomic mass is 17.0. The summed E-state index contributed by atoms with van der Waals surface area (Å²) in [4.78, 5) is 0. The SMILES string of the molecule is CCC(Cc1ccccc1)c1ccccc1.OO. The highest BCUT2D eigenvalue weighted by Gasteiger charge is 2.09. The lowest BCUT2D eigenvalue weighted by atomic mass is 9.90. The molecule has 18 heavy (non-hydrogen) atoms. The Morgan fingerprint density at radius 2 is 1.33 bits per heavy atom. The van der Waals surface area contributed by atoms with Crippen LogP contribution in [-0.2, 0) is 6.42 Å². The zero-order valence-corrected chi connectivity index (χ0v) is 10.7. The molecule has 2 heteroatoms. The number of rotatable bonds is 4. The molecule has 1 unspecified atom stereocenters. The summed E-state index contributed by atoms with van der Waals surface area (Å²) in [5, 5.41) is 12.0. The van der Waals surface area contributed by atoms with E-state index < -0.39 is 0 Å². The van der Waals surface area contributed by atoms with Crippen molar-refractivity contribution >= 4 is 0 Å². The third-order valence-corrected chi connectivity index (χ3v) is 3.09. The topological polar surface area (TPSA) is 40.5 Å². The first-order valence-corrected chi connectivity index (χ1v) is 6.19. The van der Waals surface area contributed by atoms with Gasteiger partial charge in [0.15, 0.2) is 0 Å². The molecule has 2 nitrogen and oxygen atoms in total. The maximum Gasteiger partial charge on any atom is -0.0124 e. The molecule has 2 N–H and O–H groups in total. The highest BCUT2D eigenvalue weighted by Crippen LogP contribution is 2.23. The predicted octanol–water partition coefficient (Wildman–Crippen LogP) is 4.44. The van der Waals surface area contributed by atoms with E-state index in [-0.39, 0.29) is 0 Å². The Morgan fingerprint density at radius 1 is 0.833 bits per heavy atom. The van der Waals surface area contributed by atoms with Gasteiger partial charge in [-0.25, -0.2) is 0 Å².